The van der Waals surface area contributed by atoms with Crippen LogP contribution in [-0.2, 0) is 6.42 Å². The van der Waals surface area contributed by atoms with Gasteiger partial charge in [-0.05, 0) is 42.5 Å². The van der Waals surface area contributed by atoms with Crippen molar-refractivity contribution in [2.75, 3.05) is 13.7 Å². The quantitative estimate of drug-likeness (QED) is 0.765. The maximum atomic E-state index is 5.61. The lowest BCUT2D eigenvalue weighted by Gasteiger charge is -2.25. The molecule has 3 nitrogen and oxygen atoms in total. The molecule has 1 aliphatic heterocycles. The summed E-state index contributed by atoms with van der Waals surface area (Å²) in [5.74, 6) is 1.34. The maximum Gasteiger partial charge on any atom is 0.119 e. The van der Waals surface area contributed by atoms with E-state index in [1.807, 2.05) is 0 Å². The van der Waals surface area contributed by atoms with E-state index in [-0.39, 0.29) is 0 Å². The van der Waals surface area contributed by atoms with Crippen molar-refractivity contribution in [1.82, 2.24) is 5.01 Å². The Morgan fingerprint density at radius 3 is 2.80 bits per heavy atom. The van der Waals surface area contributed by atoms with Gasteiger partial charge >= 0.3 is 0 Å². The van der Waals surface area contributed by atoms with Gasteiger partial charge in [0, 0.05) is 18.5 Å². The molecule has 0 amide bonds. The van der Waals surface area contributed by atoms with Crippen LogP contribution in [0.3, 0.4) is 0 Å². The molecule has 25 heavy (non-hydrogen) atoms. The van der Waals surface area contributed by atoms with Crippen LogP contribution in [-0.4, -0.2) is 24.4 Å². The molecule has 3 heteroatoms. The number of rotatable bonds is 4. The summed E-state index contributed by atoms with van der Waals surface area (Å²) < 4.78 is 5.61. The second-order valence-electron chi connectivity index (χ2n) is 6.83. The molecule has 0 saturated heterocycles. The lowest BCUT2D eigenvalue weighted by atomic mass is 9.85. The molecular formula is C22H24N2O. The first kappa shape index (κ1) is 15.9. The van der Waals surface area contributed by atoms with Gasteiger partial charge in [0.2, 0.25) is 0 Å². The molecule has 0 N–H and O–H groups in total. The van der Waals surface area contributed by atoms with Gasteiger partial charge in [0.05, 0.1) is 11.8 Å². The minimum absolute atomic E-state index is 0.301. The number of benzene rings is 2. The van der Waals surface area contributed by atoms with E-state index in [1.165, 1.54) is 35.2 Å². The smallest absolute Gasteiger partial charge is 0.119 e. The molecule has 0 bridgehead atoms. The van der Waals surface area contributed by atoms with E-state index in [0.29, 0.717) is 18.6 Å². The summed E-state index contributed by atoms with van der Waals surface area (Å²) in [6.07, 6.45) is 5.31. The molecule has 2 aliphatic rings. The zero-order valence-electron chi connectivity index (χ0n) is 14.7. The van der Waals surface area contributed by atoms with Gasteiger partial charge in [-0.3, -0.25) is 5.01 Å². The summed E-state index contributed by atoms with van der Waals surface area (Å²) in [5.41, 5.74) is 5.33. The molecule has 0 aromatic heterocycles. The van der Waals surface area contributed by atoms with Crippen LogP contribution in [0.15, 0.2) is 66.3 Å². The van der Waals surface area contributed by atoms with Crippen molar-refractivity contribution in [2.24, 2.45) is 11.0 Å². The van der Waals surface area contributed by atoms with Crippen LogP contribution in [0.5, 0.6) is 5.75 Å². The van der Waals surface area contributed by atoms with Crippen LogP contribution < -0.4 is 4.74 Å². The topological polar surface area (TPSA) is 24.8 Å². The molecule has 1 heterocycles. The second kappa shape index (κ2) is 6.75. The highest BCUT2D eigenvalue weighted by atomic mass is 16.5. The maximum absolute atomic E-state index is 5.61. The van der Waals surface area contributed by atoms with Crippen LogP contribution in [0.1, 0.15) is 35.6 Å². The lowest BCUT2D eigenvalue weighted by molar-refractivity contribution is 0.242. The predicted molar refractivity (Wildman–Crippen MR) is 102 cm³/mol. The minimum atomic E-state index is 0.301. The first-order valence-electron chi connectivity index (χ1n) is 9.01. The highest BCUT2D eigenvalue weighted by Gasteiger charge is 2.38. The van der Waals surface area contributed by atoms with Crippen LogP contribution in [0, 0.1) is 5.92 Å². The average Bonchev–Trinajstić information content (AvgIpc) is 2.86. The fraction of sp³-hybridized carbons (Fsp3) is 0.318. The van der Waals surface area contributed by atoms with Gasteiger partial charge in [-0.2, -0.15) is 5.10 Å². The molecule has 2 aromatic carbocycles. The van der Waals surface area contributed by atoms with Gasteiger partial charge in [-0.1, -0.05) is 49.1 Å². The third-order valence-electron chi connectivity index (χ3n) is 5.24. The standard InChI is InChI=1S/C22H24N2O/c1-3-15-25-18-13-11-17(12-14-18)22-20-10-6-8-16-7-4-5-9-19(16)21(20)23-24(22)2/h3-5,7,9,11-14,20,22H,1,6,8,10,15H2,2H3/t20-,22-/m1/s1. The summed E-state index contributed by atoms with van der Waals surface area (Å²) in [4.78, 5) is 0. The monoisotopic (exact) mass is 332 g/mol. The molecule has 0 radical (unpaired) electrons. The molecule has 2 atom stereocenters. The van der Waals surface area contributed by atoms with Gasteiger partial charge in [0.25, 0.3) is 0 Å². The summed E-state index contributed by atoms with van der Waals surface area (Å²) >= 11 is 0. The van der Waals surface area contributed by atoms with Crippen molar-refractivity contribution < 1.29 is 4.74 Å². The second-order valence-corrected chi connectivity index (χ2v) is 6.83. The van der Waals surface area contributed by atoms with Crippen LogP contribution in [0.25, 0.3) is 0 Å². The lowest BCUT2D eigenvalue weighted by Crippen LogP contribution is -2.23. The highest BCUT2D eigenvalue weighted by Crippen LogP contribution is 2.41. The zero-order valence-corrected chi connectivity index (χ0v) is 14.7. The zero-order chi connectivity index (χ0) is 17.2. The SMILES string of the molecule is C=CCOc1ccc([C@@H]2[C@@H]3CCCc4ccccc4C3=NN2C)cc1. The van der Waals surface area contributed by atoms with Crippen molar-refractivity contribution in [3.63, 3.8) is 0 Å². The number of fused-ring (bicyclic) bond motifs is 3. The third kappa shape index (κ3) is 2.95. The molecule has 0 fully saturated rings. The van der Waals surface area contributed by atoms with E-state index in [4.69, 9.17) is 9.84 Å². The van der Waals surface area contributed by atoms with Crippen LogP contribution in [0.4, 0.5) is 0 Å². The Hall–Kier alpha value is -2.55. The van der Waals surface area contributed by atoms with Crippen molar-refractivity contribution in [3.8, 4) is 5.75 Å². The molecule has 128 valence electrons. The number of hydrogen-bond donors (Lipinski definition) is 0. The fourth-order valence-electron chi connectivity index (χ4n) is 4.13. The van der Waals surface area contributed by atoms with Gasteiger partial charge in [-0.15, -0.1) is 0 Å². The number of nitrogens with zero attached hydrogens (tertiary/aromatic N) is 2. The number of hydrazone groups is 1. The largest absolute Gasteiger partial charge is 0.490 e. The third-order valence-corrected chi connectivity index (χ3v) is 5.24. The van der Waals surface area contributed by atoms with E-state index < -0.39 is 0 Å². The molecule has 0 saturated carbocycles. The normalized spacial score (nSPS) is 21.8. The highest BCUT2D eigenvalue weighted by molar-refractivity contribution is 6.05. The van der Waals surface area contributed by atoms with Crippen molar-refractivity contribution in [2.45, 2.75) is 25.3 Å². The first-order valence-corrected chi connectivity index (χ1v) is 9.01. The van der Waals surface area contributed by atoms with E-state index in [0.717, 1.165) is 12.2 Å². The Kier molecular flexibility index (Phi) is 4.31. The molecule has 2 aromatic rings. The van der Waals surface area contributed by atoms with E-state index in [2.05, 4.69) is 67.2 Å². The van der Waals surface area contributed by atoms with Crippen molar-refractivity contribution in [1.29, 1.82) is 0 Å². The van der Waals surface area contributed by atoms with E-state index >= 15 is 0 Å². The number of hydrogen-bond acceptors (Lipinski definition) is 3. The predicted octanol–water partition coefficient (Wildman–Crippen LogP) is 4.59. The Morgan fingerprint density at radius 2 is 2.00 bits per heavy atom. The van der Waals surface area contributed by atoms with Gasteiger partial charge < -0.3 is 4.74 Å². The Labute approximate surface area is 149 Å². The first-order chi connectivity index (χ1) is 12.3. The van der Waals surface area contributed by atoms with Crippen LogP contribution >= 0.6 is 0 Å². The summed E-state index contributed by atoms with van der Waals surface area (Å²) in [5, 5.41) is 7.09. The molecular weight excluding hydrogens is 308 g/mol. The molecule has 4 rings (SSSR count). The van der Waals surface area contributed by atoms with E-state index in [9.17, 15) is 0 Å². The minimum Gasteiger partial charge on any atom is -0.490 e. The number of ether oxygens (including phenoxy) is 1. The Bertz CT molecular complexity index is 794. The summed E-state index contributed by atoms with van der Waals surface area (Å²) in [6, 6.07) is 17.5. The fourth-order valence-corrected chi connectivity index (χ4v) is 4.13. The van der Waals surface area contributed by atoms with Crippen molar-refractivity contribution in [3.05, 3.63) is 77.9 Å². The van der Waals surface area contributed by atoms with Crippen LogP contribution in [0.2, 0.25) is 0 Å². The molecule has 0 spiro atoms. The Morgan fingerprint density at radius 1 is 1.20 bits per heavy atom. The average molecular weight is 332 g/mol. The van der Waals surface area contributed by atoms with E-state index in [1.54, 1.807) is 6.08 Å². The van der Waals surface area contributed by atoms with Gasteiger partial charge in [0.15, 0.2) is 0 Å². The van der Waals surface area contributed by atoms with Gasteiger partial charge in [0.1, 0.15) is 12.4 Å². The Balaban J connectivity index is 1.64. The molecule has 1 aliphatic carbocycles. The van der Waals surface area contributed by atoms with Gasteiger partial charge in [-0.25, -0.2) is 0 Å². The molecule has 0 unspecified atom stereocenters. The van der Waals surface area contributed by atoms with Crippen molar-refractivity contribution >= 4 is 5.71 Å². The number of aryl methyl sites for hydroxylation is 1. The summed E-state index contributed by atoms with van der Waals surface area (Å²) in [7, 11) is 2.09. The summed E-state index contributed by atoms with van der Waals surface area (Å²) in [6.45, 7) is 4.23.